The fraction of sp³-hybridized carbons (Fsp3) is 0.659. The third kappa shape index (κ3) is 34.2. The summed E-state index contributed by atoms with van der Waals surface area (Å²) < 4.78 is 10.5. The number of rotatable bonds is 32. The summed E-state index contributed by atoms with van der Waals surface area (Å²) in [5.74, 6) is -0.680. The summed E-state index contributed by atoms with van der Waals surface area (Å²) in [5.41, 5.74) is 0. The molecule has 0 aromatic heterocycles. The third-order valence-corrected chi connectivity index (χ3v) is 7.47. The van der Waals surface area contributed by atoms with Gasteiger partial charge in [-0.15, -0.1) is 0 Å². The van der Waals surface area contributed by atoms with Crippen molar-refractivity contribution < 1.29 is 24.2 Å². The molecule has 0 saturated heterocycles. The van der Waals surface area contributed by atoms with Gasteiger partial charge in [-0.2, -0.15) is 0 Å². The highest BCUT2D eigenvalue weighted by atomic mass is 16.6. The number of esters is 2. The summed E-state index contributed by atoms with van der Waals surface area (Å²) in [4.78, 5) is 24.2. The van der Waals surface area contributed by atoms with Gasteiger partial charge in [-0.3, -0.25) is 9.59 Å². The number of carbonyl (C=O) groups excluding carboxylic acids is 2. The SMILES string of the molecule is CCCCC/C=C/C/C=C/C/C=C/C/C=C/CCCC(=O)O[C@@H](CO)COC(=O)CCCCCCC/C=C/C/C=C/CCCCC. The first-order valence-corrected chi connectivity index (χ1v) is 18.5. The Morgan fingerprint density at radius 1 is 0.500 bits per heavy atom. The van der Waals surface area contributed by atoms with E-state index in [0.717, 1.165) is 64.2 Å². The molecule has 46 heavy (non-hydrogen) atoms. The van der Waals surface area contributed by atoms with Gasteiger partial charge in [0.1, 0.15) is 6.61 Å². The Hall–Kier alpha value is -2.66. The predicted molar refractivity (Wildman–Crippen MR) is 196 cm³/mol. The van der Waals surface area contributed by atoms with E-state index >= 15 is 0 Å². The van der Waals surface area contributed by atoms with Crippen LogP contribution in [0.1, 0.15) is 155 Å². The Labute approximate surface area is 283 Å². The summed E-state index contributed by atoms with van der Waals surface area (Å²) >= 11 is 0. The van der Waals surface area contributed by atoms with Crippen LogP contribution in [0.4, 0.5) is 0 Å². The summed E-state index contributed by atoms with van der Waals surface area (Å²) in [7, 11) is 0. The monoisotopic (exact) mass is 641 g/mol. The summed E-state index contributed by atoms with van der Waals surface area (Å²) in [6, 6.07) is 0. The zero-order chi connectivity index (χ0) is 33.6. The molecule has 0 aromatic carbocycles. The lowest BCUT2D eigenvalue weighted by atomic mass is 10.1. The van der Waals surface area contributed by atoms with Crippen molar-refractivity contribution in [3.8, 4) is 0 Å². The number of aliphatic hydroxyl groups is 1. The van der Waals surface area contributed by atoms with Gasteiger partial charge in [-0.25, -0.2) is 0 Å². The molecule has 5 nitrogen and oxygen atoms in total. The zero-order valence-corrected chi connectivity index (χ0v) is 29.6. The number of hydrogen-bond donors (Lipinski definition) is 1. The summed E-state index contributed by atoms with van der Waals surface area (Å²) in [6.45, 7) is 4.00. The Balaban J connectivity index is 3.73. The normalized spacial score (nSPS) is 13.0. The van der Waals surface area contributed by atoms with E-state index in [1.807, 2.05) is 0 Å². The molecule has 0 spiro atoms. The molecular formula is C41H68O5. The number of hydrogen-bond acceptors (Lipinski definition) is 5. The Bertz CT molecular complexity index is 864. The first kappa shape index (κ1) is 43.3. The van der Waals surface area contributed by atoms with Gasteiger partial charge in [0.05, 0.1) is 6.61 Å². The average molecular weight is 641 g/mol. The highest BCUT2D eigenvalue weighted by molar-refractivity contribution is 5.70. The molecule has 262 valence electrons. The van der Waals surface area contributed by atoms with E-state index in [2.05, 4.69) is 86.8 Å². The minimum atomic E-state index is -0.808. The molecule has 0 aromatic rings. The second-order valence-electron chi connectivity index (χ2n) is 11.9. The van der Waals surface area contributed by atoms with Gasteiger partial charge in [0, 0.05) is 12.8 Å². The highest BCUT2D eigenvalue weighted by Gasteiger charge is 2.15. The van der Waals surface area contributed by atoms with Crippen molar-refractivity contribution >= 4 is 11.9 Å². The van der Waals surface area contributed by atoms with E-state index in [-0.39, 0.29) is 31.6 Å². The van der Waals surface area contributed by atoms with Gasteiger partial charge < -0.3 is 14.6 Å². The molecular weight excluding hydrogens is 572 g/mol. The number of carbonyl (C=O) groups is 2. The van der Waals surface area contributed by atoms with Gasteiger partial charge in [0.15, 0.2) is 6.10 Å². The minimum Gasteiger partial charge on any atom is -0.462 e. The van der Waals surface area contributed by atoms with Crippen molar-refractivity contribution in [2.75, 3.05) is 13.2 Å². The van der Waals surface area contributed by atoms with E-state index in [4.69, 9.17) is 9.47 Å². The molecule has 0 rings (SSSR count). The van der Waals surface area contributed by atoms with E-state index < -0.39 is 6.10 Å². The second kappa shape index (κ2) is 36.8. The largest absolute Gasteiger partial charge is 0.462 e. The predicted octanol–water partition coefficient (Wildman–Crippen LogP) is 11.4. The topological polar surface area (TPSA) is 72.8 Å². The fourth-order valence-corrected chi connectivity index (χ4v) is 4.63. The van der Waals surface area contributed by atoms with Gasteiger partial charge in [-0.1, -0.05) is 132 Å². The maximum Gasteiger partial charge on any atom is 0.306 e. The number of aliphatic hydroxyl groups excluding tert-OH is 1. The lowest BCUT2D eigenvalue weighted by Crippen LogP contribution is -2.28. The van der Waals surface area contributed by atoms with Gasteiger partial charge in [-0.05, 0) is 83.5 Å². The van der Waals surface area contributed by atoms with Gasteiger partial charge in [0.25, 0.3) is 0 Å². The zero-order valence-electron chi connectivity index (χ0n) is 29.6. The summed E-state index contributed by atoms with van der Waals surface area (Å²) in [5, 5.41) is 9.52. The van der Waals surface area contributed by atoms with Crippen LogP contribution in [-0.2, 0) is 19.1 Å². The van der Waals surface area contributed by atoms with Gasteiger partial charge in [0.2, 0.25) is 0 Å². The van der Waals surface area contributed by atoms with E-state index in [1.54, 1.807) is 0 Å². The molecule has 0 bridgehead atoms. The number of ether oxygens (including phenoxy) is 2. The van der Waals surface area contributed by atoms with Crippen LogP contribution in [0.25, 0.3) is 0 Å². The number of unbranched alkanes of at least 4 members (excludes halogenated alkanes) is 12. The molecule has 5 heteroatoms. The summed E-state index contributed by atoms with van der Waals surface area (Å²) in [6.07, 6.45) is 48.1. The lowest BCUT2D eigenvalue weighted by Gasteiger charge is -2.15. The molecule has 0 fully saturated rings. The molecule has 0 radical (unpaired) electrons. The van der Waals surface area contributed by atoms with Crippen molar-refractivity contribution in [3.63, 3.8) is 0 Å². The molecule has 0 aliphatic heterocycles. The fourth-order valence-electron chi connectivity index (χ4n) is 4.63. The van der Waals surface area contributed by atoms with E-state index in [1.165, 1.54) is 57.8 Å². The van der Waals surface area contributed by atoms with E-state index in [0.29, 0.717) is 12.8 Å². The minimum absolute atomic E-state index is 0.0987. The van der Waals surface area contributed by atoms with Gasteiger partial charge >= 0.3 is 11.9 Å². The average Bonchev–Trinajstić information content (AvgIpc) is 3.06. The Morgan fingerprint density at radius 2 is 0.891 bits per heavy atom. The van der Waals surface area contributed by atoms with Crippen LogP contribution >= 0.6 is 0 Å². The van der Waals surface area contributed by atoms with Crippen LogP contribution in [0, 0.1) is 0 Å². The van der Waals surface area contributed by atoms with E-state index in [9.17, 15) is 14.7 Å². The van der Waals surface area contributed by atoms with Crippen molar-refractivity contribution in [3.05, 3.63) is 72.9 Å². The quantitative estimate of drug-likeness (QED) is 0.0450. The molecule has 0 amide bonds. The molecule has 0 saturated carbocycles. The molecule has 0 heterocycles. The van der Waals surface area contributed by atoms with Crippen LogP contribution in [0.5, 0.6) is 0 Å². The maximum atomic E-state index is 12.1. The molecule has 1 N–H and O–H groups in total. The standard InChI is InChI=1S/C41H68O5/c1-3-5-7-9-11-13-15-17-19-20-22-24-26-28-30-32-34-36-41(44)46-39(37-42)38-45-40(43)35-33-31-29-27-25-23-21-18-16-14-12-10-8-6-4-2/h11-14,17-19,21-22,24,28,30,39,42H,3-10,15-16,20,23,25-27,29,31-38H2,1-2H3/b13-11+,14-12+,19-17+,21-18+,24-22+,30-28+/t39-/m0/s1. The van der Waals surface area contributed by atoms with Crippen molar-refractivity contribution in [2.45, 2.75) is 161 Å². The Kier molecular flexibility index (Phi) is 34.7. The third-order valence-electron chi connectivity index (χ3n) is 7.47. The number of allylic oxidation sites excluding steroid dienone is 12. The first-order valence-electron chi connectivity index (χ1n) is 18.5. The first-order chi connectivity index (χ1) is 22.6. The Morgan fingerprint density at radius 3 is 1.37 bits per heavy atom. The maximum absolute atomic E-state index is 12.1. The van der Waals surface area contributed by atoms with Crippen LogP contribution < -0.4 is 0 Å². The second-order valence-corrected chi connectivity index (χ2v) is 11.9. The molecule has 0 aliphatic carbocycles. The van der Waals surface area contributed by atoms with Crippen molar-refractivity contribution in [1.82, 2.24) is 0 Å². The van der Waals surface area contributed by atoms with Crippen molar-refractivity contribution in [1.29, 1.82) is 0 Å². The van der Waals surface area contributed by atoms with Crippen LogP contribution in [0.15, 0.2) is 72.9 Å². The molecule has 0 aliphatic rings. The van der Waals surface area contributed by atoms with Crippen LogP contribution in [-0.4, -0.2) is 36.4 Å². The smallest absolute Gasteiger partial charge is 0.306 e. The highest BCUT2D eigenvalue weighted by Crippen LogP contribution is 2.10. The molecule has 0 unspecified atom stereocenters. The van der Waals surface area contributed by atoms with Crippen LogP contribution in [0.3, 0.4) is 0 Å². The molecule has 1 atom stereocenters. The van der Waals surface area contributed by atoms with Crippen LogP contribution in [0.2, 0.25) is 0 Å². The lowest BCUT2D eigenvalue weighted by molar-refractivity contribution is -0.161. The van der Waals surface area contributed by atoms with Crippen molar-refractivity contribution in [2.24, 2.45) is 0 Å².